The van der Waals surface area contributed by atoms with Gasteiger partial charge < -0.3 is 15.4 Å². The maximum Gasteiger partial charge on any atom is 0.573 e. The highest BCUT2D eigenvalue weighted by Crippen LogP contribution is 2.25. The lowest BCUT2D eigenvalue weighted by atomic mass is 10.1. The highest BCUT2D eigenvalue weighted by Gasteiger charge is 2.31. The Labute approximate surface area is 231 Å². The average molecular weight is 572 g/mol. The van der Waals surface area contributed by atoms with E-state index in [1.54, 1.807) is 16.9 Å². The molecule has 0 bridgehead atoms. The summed E-state index contributed by atoms with van der Waals surface area (Å²) >= 11 is 0. The van der Waals surface area contributed by atoms with Crippen molar-refractivity contribution in [1.29, 1.82) is 0 Å². The van der Waals surface area contributed by atoms with Gasteiger partial charge in [0.05, 0.1) is 18.3 Å². The molecule has 214 valence electrons. The smallest absolute Gasteiger partial charge is 0.406 e. The molecule has 14 heteroatoms. The maximum absolute atomic E-state index is 14.0. The second-order valence-electron chi connectivity index (χ2n) is 8.93. The van der Waals surface area contributed by atoms with Gasteiger partial charge in [-0.25, -0.2) is 4.39 Å². The molecule has 2 aromatic heterocycles. The molecule has 2 heterocycles. The van der Waals surface area contributed by atoms with Crippen molar-refractivity contribution in [2.75, 3.05) is 5.32 Å². The largest absolute Gasteiger partial charge is 0.573 e. The Morgan fingerprint density at radius 1 is 0.951 bits per heavy atom. The molecule has 0 radical (unpaired) electrons. The van der Waals surface area contributed by atoms with E-state index < -0.39 is 30.3 Å². The summed E-state index contributed by atoms with van der Waals surface area (Å²) in [4.78, 5) is 24.5. The fraction of sp³-hybridized carbons (Fsp3) is 0.259. The summed E-state index contributed by atoms with van der Waals surface area (Å²) in [5.41, 5.74) is 1.62. The summed E-state index contributed by atoms with van der Waals surface area (Å²) in [7, 11) is 0. The van der Waals surface area contributed by atoms with Crippen molar-refractivity contribution >= 4 is 17.6 Å². The molecular formula is C27H25F4N7O3. The summed E-state index contributed by atoms with van der Waals surface area (Å²) < 4.78 is 56.5. The molecule has 0 spiro atoms. The van der Waals surface area contributed by atoms with Crippen LogP contribution in [0.2, 0.25) is 0 Å². The molecule has 0 fully saturated rings. The summed E-state index contributed by atoms with van der Waals surface area (Å²) in [6.07, 6.45) is -1.80. The predicted molar refractivity (Wildman–Crippen MR) is 138 cm³/mol. The number of halogens is 4. The molecule has 2 N–H and O–H groups in total. The van der Waals surface area contributed by atoms with Gasteiger partial charge in [-0.15, -0.1) is 23.4 Å². The highest BCUT2D eigenvalue weighted by molar-refractivity contribution is 5.92. The monoisotopic (exact) mass is 571 g/mol. The SMILES string of the molecule is O=C(Cc1cc(OC(F)(F)F)ccc1F)Nc1ccc(CCCCn2cc(C(=O)NCc3ccccc3)nn2)nn1. The molecule has 0 aliphatic carbocycles. The van der Waals surface area contributed by atoms with Crippen LogP contribution in [0.3, 0.4) is 0 Å². The van der Waals surface area contributed by atoms with Crippen molar-refractivity contribution in [3.05, 3.63) is 95.2 Å². The van der Waals surface area contributed by atoms with E-state index in [-0.39, 0.29) is 23.0 Å². The van der Waals surface area contributed by atoms with Crippen LogP contribution in [-0.2, 0) is 30.7 Å². The van der Waals surface area contributed by atoms with Gasteiger partial charge in [0, 0.05) is 18.7 Å². The second-order valence-corrected chi connectivity index (χ2v) is 8.93. The number of aromatic nitrogens is 5. The lowest BCUT2D eigenvalue weighted by Crippen LogP contribution is -2.23. The Balaban J connectivity index is 1.18. The molecule has 0 aliphatic heterocycles. The predicted octanol–water partition coefficient (Wildman–Crippen LogP) is 4.24. The van der Waals surface area contributed by atoms with Gasteiger partial charge in [0.2, 0.25) is 5.91 Å². The van der Waals surface area contributed by atoms with Crippen molar-refractivity contribution in [2.24, 2.45) is 0 Å². The number of amides is 2. The maximum atomic E-state index is 14.0. The number of hydrogen-bond acceptors (Lipinski definition) is 7. The first-order valence-electron chi connectivity index (χ1n) is 12.5. The van der Waals surface area contributed by atoms with E-state index in [2.05, 4.69) is 35.9 Å². The van der Waals surface area contributed by atoms with E-state index in [4.69, 9.17) is 0 Å². The van der Waals surface area contributed by atoms with Crippen LogP contribution in [0.5, 0.6) is 5.75 Å². The Morgan fingerprint density at radius 2 is 1.76 bits per heavy atom. The van der Waals surface area contributed by atoms with Gasteiger partial charge >= 0.3 is 6.36 Å². The molecule has 0 aliphatic rings. The molecule has 0 unspecified atom stereocenters. The minimum Gasteiger partial charge on any atom is -0.406 e. The molecular weight excluding hydrogens is 546 g/mol. The van der Waals surface area contributed by atoms with Gasteiger partial charge in [-0.05, 0) is 55.2 Å². The molecule has 0 atom stereocenters. The number of aryl methyl sites for hydroxylation is 2. The molecule has 4 rings (SSSR count). The Bertz CT molecular complexity index is 1460. The number of rotatable bonds is 12. The fourth-order valence-electron chi connectivity index (χ4n) is 3.76. The Kier molecular flexibility index (Phi) is 9.55. The zero-order valence-electron chi connectivity index (χ0n) is 21.6. The minimum atomic E-state index is -4.94. The first-order chi connectivity index (χ1) is 19.6. The number of ether oxygens (including phenoxy) is 1. The van der Waals surface area contributed by atoms with Gasteiger partial charge in [-0.1, -0.05) is 35.5 Å². The summed E-state index contributed by atoms with van der Waals surface area (Å²) in [5, 5.41) is 21.1. The number of nitrogens with zero attached hydrogens (tertiary/aromatic N) is 5. The van der Waals surface area contributed by atoms with Crippen molar-refractivity contribution in [3.8, 4) is 5.75 Å². The zero-order valence-corrected chi connectivity index (χ0v) is 21.6. The molecule has 2 aromatic carbocycles. The number of hydrogen-bond donors (Lipinski definition) is 2. The quantitative estimate of drug-likeness (QED) is 0.193. The number of nitrogens with one attached hydrogen (secondary N) is 2. The first-order valence-corrected chi connectivity index (χ1v) is 12.5. The van der Waals surface area contributed by atoms with E-state index in [1.165, 1.54) is 6.07 Å². The fourth-order valence-corrected chi connectivity index (χ4v) is 3.76. The number of carbonyl (C=O) groups excluding carboxylic acids is 2. The molecule has 0 saturated heterocycles. The molecule has 41 heavy (non-hydrogen) atoms. The molecule has 4 aromatic rings. The van der Waals surface area contributed by atoms with Crippen LogP contribution in [0.4, 0.5) is 23.4 Å². The van der Waals surface area contributed by atoms with Crippen LogP contribution in [0, 0.1) is 5.82 Å². The number of carbonyl (C=O) groups is 2. The lowest BCUT2D eigenvalue weighted by Gasteiger charge is -2.11. The van der Waals surface area contributed by atoms with E-state index >= 15 is 0 Å². The molecule has 0 saturated carbocycles. The number of anilines is 1. The van der Waals surface area contributed by atoms with Crippen LogP contribution < -0.4 is 15.4 Å². The topological polar surface area (TPSA) is 124 Å². The standard InChI is InChI=1S/C27H25F4N7O3/c28-22-11-10-21(41-27(29,30)31)14-19(22)15-25(39)33-24-12-9-20(34-36-24)8-4-5-13-38-17-23(35-37-38)26(40)32-16-18-6-2-1-3-7-18/h1-3,6-7,9-12,14,17H,4-5,8,13,15-16H2,(H,32,40)(H,33,36,39). The van der Waals surface area contributed by atoms with Gasteiger partial charge in [-0.3, -0.25) is 14.3 Å². The van der Waals surface area contributed by atoms with Crippen molar-refractivity contribution < 1.29 is 31.9 Å². The Morgan fingerprint density at radius 3 is 2.49 bits per heavy atom. The summed E-state index contributed by atoms with van der Waals surface area (Å²) in [5.74, 6) is -2.35. The van der Waals surface area contributed by atoms with Crippen molar-refractivity contribution in [3.63, 3.8) is 0 Å². The van der Waals surface area contributed by atoms with E-state index in [0.29, 0.717) is 25.2 Å². The van der Waals surface area contributed by atoms with Crippen LogP contribution in [0.1, 0.15) is 40.2 Å². The van der Waals surface area contributed by atoms with Crippen molar-refractivity contribution in [1.82, 2.24) is 30.5 Å². The third-order valence-electron chi connectivity index (χ3n) is 5.73. The van der Waals surface area contributed by atoms with E-state index in [9.17, 15) is 27.2 Å². The van der Waals surface area contributed by atoms with Gasteiger partial charge in [0.25, 0.3) is 5.91 Å². The summed E-state index contributed by atoms with van der Waals surface area (Å²) in [6.45, 7) is 0.940. The molecule has 10 nitrogen and oxygen atoms in total. The third kappa shape index (κ3) is 9.37. The summed E-state index contributed by atoms with van der Waals surface area (Å²) in [6, 6.07) is 15.2. The second kappa shape index (κ2) is 13.5. The average Bonchev–Trinajstić information content (AvgIpc) is 3.41. The number of unbranched alkanes of at least 4 members (excludes halogenated alkanes) is 1. The molecule has 2 amide bonds. The van der Waals surface area contributed by atoms with Gasteiger partial charge in [0.15, 0.2) is 11.5 Å². The van der Waals surface area contributed by atoms with Crippen molar-refractivity contribution in [2.45, 2.75) is 45.1 Å². The van der Waals surface area contributed by atoms with E-state index in [1.807, 2.05) is 30.3 Å². The minimum absolute atomic E-state index is 0.113. The number of alkyl halides is 3. The van der Waals surface area contributed by atoms with Gasteiger partial charge in [-0.2, -0.15) is 5.10 Å². The van der Waals surface area contributed by atoms with Crippen LogP contribution in [0.25, 0.3) is 0 Å². The highest BCUT2D eigenvalue weighted by atomic mass is 19.4. The van der Waals surface area contributed by atoms with E-state index in [0.717, 1.165) is 36.6 Å². The zero-order chi connectivity index (χ0) is 29.2. The van der Waals surface area contributed by atoms with Gasteiger partial charge in [0.1, 0.15) is 11.6 Å². The van der Waals surface area contributed by atoms with Crippen LogP contribution >= 0.6 is 0 Å². The van der Waals surface area contributed by atoms with Crippen LogP contribution in [-0.4, -0.2) is 43.4 Å². The van der Waals surface area contributed by atoms with Crippen LogP contribution in [0.15, 0.2) is 66.9 Å². The number of benzene rings is 2. The first kappa shape index (κ1) is 29.1. The third-order valence-corrected chi connectivity index (χ3v) is 5.73. The normalized spacial score (nSPS) is 11.2. The lowest BCUT2D eigenvalue weighted by molar-refractivity contribution is -0.274. The Hall–Kier alpha value is -4.88.